The van der Waals surface area contributed by atoms with Crippen molar-refractivity contribution in [3.8, 4) is 0 Å². The molecule has 0 aliphatic carbocycles. The molecule has 1 aliphatic rings. The molecule has 2 unspecified atom stereocenters. The number of nitrogens with zero attached hydrogens (tertiary/aromatic N) is 1. The minimum absolute atomic E-state index is 0.0711. The van der Waals surface area contributed by atoms with Crippen molar-refractivity contribution in [3.63, 3.8) is 0 Å². The highest BCUT2D eigenvalue weighted by molar-refractivity contribution is 5.85. The number of carboxylic acid groups (broad SMARTS) is 1. The van der Waals surface area contributed by atoms with Crippen LogP contribution in [0.3, 0.4) is 0 Å². The lowest BCUT2D eigenvalue weighted by Gasteiger charge is -2.35. The lowest BCUT2D eigenvalue weighted by atomic mass is 10.00. The summed E-state index contributed by atoms with van der Waals surface area (Å²) in [4.78, 5) is 35.0. The van der Waals surface area contributed by atoms with Crippen LogP contribution in [0, 0.1) is 0 Å². The number of aliphatic carboxylic acids is 1. The average Bonchev–Trinajstić information content (AvgIpc) is 2.28. The Balaban J connectivity index is 2.62. The maximum Gasteiger partial charge on any atom is 0.318 e. The van der Waals surface area contributed by atoms with E-state index in [9.17, 15) is 14.4 Å². The number of rotatable bonds is 4. The highest BCUT2D eigenvalue weighted by Gasteiger charge is 2.29. The number of nitrogens with two attached hydrogens (primary N) is 1. The van der Waals surface area contributed by atoms with Gasteiger partial charge in [-0.1, -0.05) is 0 Å². The van der Waals surface area contributed by atoms with Gasteiger partial charge in [0.25, 0.3) is 0 Å². The maximum absolute atomic E-state index is 11.9. The molecule has 0 radical (unpaired) electrons. The molecule has 1 aliphatic heterocycles. The maximum atomic E-state index is 11.9. The van der Waals surface area contributed by atoms with E-state index < -0.39 is 23.9 Å². The predicted molar refractivity (Wildman–Crippen MR) is 63.8 cm³/mol. The van der Waals surface area contributed by atoms with E-state index in [-0.39, 0.29) is 12.5 Å². The Morgan fingerprint density at radius 3 is 2.67 bits per heavy atom. The molecule has 1 heterocycles. The first-order valence-electron chi connectivity index (χ1n) is 6.00. The second-order valence-electron chi connectivity index (χ2n) is 4.51. The van der Waals surface area contributed by atoms with Gasteiger partial charge in [0.1, 0.15) is 6.04 Å². The number of carbonyl (C=O) groups is 3. The summed E-state index contributed by atoms with van der Waals surface area (Å²) >= 11 is 0. The summed E-state index contributed by atoms with van der Waals surface area (Å²) in [5, 5.41) is 11.3. The van der Waals surface area contributed by atoms with Gasteiger partial charge in [-0.2, -0.15) is 0 Å². The molecule has 3 amide bonds. The summed E-state index contributed by atoms with van der Waals surface area (Å²) in [5.74, 6) is -1.54. The minimum Gasteiger partial charge on any atom is -0.481 e. The van der Waals surface area contributed by atoms with Gasteiger partial charge in [0, 0.05) is 12.6 Å². The standard InChI is InChI=1S/C11H19N3O4/c1-7(10(12)17)13-11(18)14-5-3-2-4-8(14)6-9(15)16/h7-8H,2-6H2,1H3,(H2,12,17)(H,13,18)(H,15,16). The molecule has 0 saturated carbocycles. The highest BCUT2D eigenvalue weighted by Crippen LogP contribution is 2.19. The Morgan fingerprint density at radius 2 is 2.11 bits per heavy atom. The van der Waals surface area contributed by atoms with Gasteiger partial charge < -0.3 is 21.1 Å². The van der Waals surface area contributed by atoms with E-state index in [0.717, 1.165) is 12.8 Å². The van der Waals surface area contributed by atoms with Crippen molar-refractivity contribution in [2.24, 2.45) is 5.73 Å². The summed E-state index contributed by atoms with van der Waals surface area (Å²) in [6, 6.07) is -1.49. The molecule has 1 fully saturated rings. The summed E-state index contributed by atoms with van der Waals surface area (Å²) in [6.45, 7) is 2.01. The summed E-state index contributed by atoms with van der Waals surface area (Å²) in [6.07, 6.45) is 2.35. The first-order chi connectivity index (χ1) is 8.41. The molecule has 1 saturated heterocycles. The SMILES string of the molecule is CC(NC(=O)N1CCCCC1CC(=O)O)C(N)=O. The third-order valence-corrected chi connectivity index (χ3v) is 3.07. The van der Waals surface area contributed by atoms with Crippen molar-refractivity contribution in [3.05, 3.63) is 0 Å². The van der Waals surface area contributed by atoms with Gasteiger partial charge in [-0.05, 0) is 26.2 Å². The van der Waals surface area contributed by atoms with Crippen LogP contribution in [0.1, 0.15) is 32.6 Å². The monoisotopic (exact) mass is 257 g/mol. The number of hydrogen-bond acceptors (Lipinski definition) is 3. The first-order valence-corrected chi connectivity index (χ1v) is 6.00. The third-order valence-electron chi connectivity index (χ3n) is 3.07. The second-order valence-corrected chi connectivity index (χ2v) is 4.51. The number of carbonyl (C=O) groups excluding carboxylic acids is 2. The summed E-state index contributed by atoms with van der Waals surface area (Å²) in [5.41, 5.74) is 5.06. The van der Waals surface area contributed by atoms with Gasteiger partial charge in [0.15, 0.2) is 0 Å². The first kappa shape index (κ1) is 14.3. The van der Waals surface area contributed by atoms with Crippen LogP contribution in [0.25, 0.3) is 0 Å². The van der Waals surface area contributed by atoms with Gasteiger partial charge in [0.2, 0.25) is 5.91 Å². The van der Waals surface area contributed by atoms with Gasteiger partial charge in [-0.15, -0.1) is 0 Å². The fourth-order valence-corrected chi connectivity index (χ4v) is 2.02. The molecule has 7 nitrogen and oxygen atoms in total. The molecule has 18 heavy (non-hydrogen) atoms. The Labute approximate surface area is 105 Å². The topological polar surface area (TPSA) is 113 Å². The van der Waals surface area contributed by atoms with E-state index in [1.54, 1.807) is 0 Å². The van der Waals surface area contributed by atoms with Crippen molar-refractivity contribution in [2.75, 3.05) is 6.54 Å². The van der Waals surface area contributed by atoms with Crippen LogP contribution >= 0.6 is 0 Å². The van der Waals surface area contributed by atoms with Gasteiger partial charge in [-0.25, -0.2) is 4.79 Å². The average molecular weight is 257 g/mol. The molecule has 0 bridgehead atoms. The van der Waals surface area contributed by atoms with E-state index >= 15 is 0 Å². The van der Waals surface area contributed by atoms with Crippen LogP contribution in [0.4, 0.5) is 4.79 Å². The van der Waals surface area contributed by atoms with Crippen LogP contribution in [-0.2, 0) is 9.59 Å². The Kier molecular flexibility index (Phi) is 4.94. The largest absolute Gasteiger partial charge is 0.481 e. The van der Waals surface area contributed by atoms with Crippen molar-refractivity contribution < 1.29 is 19.5 Å². The van der Waals surface area contributed by atoms with E-state index in [0.29, 0.717) is 13.0 Å². The fraction of sp³-hybridized carbons (Fsp3) is 0.727. The van der Waals surface area contributed by atoms with Crippen LogP contribution in [-0.4, -0.2) is 46.5 Å². The summed E-state index contributed by atoms with van der Waals surface area (Å²) in [7, 11) is 0. The predicted octanol–water partition coefficient (Wildman–Crippen LogP) is -0.101. The Hall–Kier alpha value is -1.79. The zero-order chi connectivity index (χ0) is 13.7. The van der Waals surface area contributed by atoms with Gasteiger partial charge in [0.05, 0.1) is 6.42 Å². The molecule has 0 spiro atoms. The minimum atomic E-state index is -0.928. The molecule has 4 N–H and O–H groups in total. The molecule has 102 valence electrons. The molecule has 0 aromatic heterocycles. The van der Waals surface area contributed by atoms with E-state index in [1.807, 2.05) is 0 Å². The van der Waals surface area contributed by atoms with Gasteiger partial charge in [-0.3, -0.25) is 9.59 Å². The zero-order valence-electron chi connectivity index (χ0n) is 10.4. The number of urea groups is 1. The Morgan fingerprint density at radius 1 is 1.44 bits per heavy atom. The highest BCUT2D eigenvalue weighted by atomic mass is 16.4. The van der Waals surface area contributed by atoms with E-state index in [1.165, 1.54) is 11.8 Å². The van der Waals surface area contributed by atoms with Crippen LogP contribution in [0.15, 0.2) is 0 Å². The van der Waals surface area contributed by atoms with Crippen molar-refractivity contribution >= 4 is 17.9 Å². The second kappa shape index (κ2) is 6.23. The Bertz CT molecular complexity index is 345. The van der Waals surface area contributed by atoms with E-state index in [2.05, 4.69) is 5.32 Å². The van der Waals surface area contributed by atoms with Crippen LogP contribution in [0.5, 0.6) is 0 Å². The van der Waals surface area contributed by atoms with E-state index in [4.69, 9.17) is 10.8 Å². The zero-order valence-corrected chi connectivity index (χ0v) is 10.4. The molecular formula is C11H19N3O4. The summed E-state index contributed by atoms with van der Waals surface area (Å²) < 4.78 is 0. The number of piperidine rings is 1. The lowest BCUT2D eigenvalue weighted by Crippen LogP contribution is -2.53. The van der Waals surface area contributed by atoms with Crippen molar-refractivity contribution in [1.82, 2.24) is 10.2 Å². The number of amides is 3. The lowest BCUT2D eigenvalue weighted by molar-refractivity contribution is -0.138. The number of hydrogen-bond donors (Lipinski definition) is 3. The molecule has 1 rings (SSSR count). The number of nitrogens with one attached hydrogen (secondary N) is 1. The van der Waals surface area contributed by atoms with Crippen LogP contribution in [0.2, 0.25) is 0 Å². The van der Waals surface area contributed by atoms with Crippen molar-refractivity contribution in [2.45, 2.75) is 44.7 Å². The molecule has 2 atom stereocenters. The molecular weight excluding hydrogens is 238 g/mol. The van der Waals surface area contributed by atoms with Crippen LogP contribution < -0.4 is 11.1 Å². The fourth-order valence-electron chi connectivity index (χ4n) is 2.02. The number of primary amides is 1. The molecule has 0 aromatic carbocycles. The normalized spacial score (nSPS) is 21.2. The quantitative estimate of drug-likeness (QED) is 0.652. The van der Waals surface area contributed by atoms with Gasteiger partial charge >= 0.3 is 12.0 Å². The molecule has 7 heteroatoms. The number of likely N-dealkylation sites (tertiary alicyclic amines) is 1. The van der Waals surface area contributed by atoms with Crippen molar-refractivity contribution in [1.29, 1.82) is 0 Å². The smallest absolute Gasteiger partial charge is 0.318 e. The third kappa shape index (κ3) is 3.90. The number of carboxylic acids is 1. The molecule has 0 aromatic rings.